The molecule has 1 heterocycles. The molecule has 0 bridgehead atoms. The molecule has 1 saturated heterocycles. The second-order valence-electron chi connectivity index (χ2n) is 8.13. The fraction of sp³-hybridized carbons (Fsp3) is 0.941. The molecule has 1 aliphatic heterocycles. The van der Waals surface area contributed by atoms with E-state index in [1.807, 2.05) is 0 Å². The Morgan fingerprint density at radius 3 is 2.55 bits per heavy atom. The molecule has 0 amide bonds. The van der Waals surface area contributed by atoms with Gasteiger partial charge >= 0.3 is 5.97 Å². The quantitative estimate of drug-likeness (QED) is 0.741. The Morgan fingerprint density at radius 1 is 1.30 bits per heavy atom. The SMILES string of the molecule is CC(C)[C@@H]1CC[C@@H](C)C[C@H]1O[C@@H]1OC(=O)[C@@H]2[C@H]1C2(C)C. The Hall–Kier alpha value is -0.570. The van der Waals surface area contributed by atoms with Gasteiger partial charge in [-0.2, -0.15) is 0 Å². The Kier molecular flexibility index (Phi) is 3.39. The van der Waals surface area contributed by atoms with Crippen molar-refractivity contribution in [1.29, 1.82) is 0 Å². The first-order chi connectivity index (χ1) is 9.32. The molecule has 0 aromatic rings. The minimum Gasteiger partial charge on any atom is -0.435 e. The van der Waals surface area contributed by atoms with E-state index in [1.54, 1.807) is 0 Å². The second-order valence-corrected chi connectivity index (χ2v) is 8.13. The molecule has 3 fully saturated rings. The van der Waals surface area contributed by atoms with Gasteiger partial charge in [0, 0.05) is 5.92 Å². The van der Waals surface area contributed by atoms with Gasteiger partial charge in [0.15, 0.2) is 0 Å². The topological polar surface area (TPSA) is 35.5 Å². The molecule has 20 heavy (non-hydrogen) atoms. The average molecular weight is 280 g/mol. The average Bonchev–Trinajstić information content (AvgIpc) is 2.72. The molecule has 3 rings (SSSR count). The van der Waals surface area contributed by atoms with Crippen LogP contribution in [0.5, 0.6) is 0 Å². The van der Waals surface area contributed by atoms with E-state index in [4.69, 9.17) is 9.47 Å². The van der Waals surface area contributed by atoms with Crippen LogP contribution in [-0.2, 0) is 14.3 Å². The lowest BCUT2D eigenvalue weighted by Gasteiger charge is -2.38. The van der Waals surface area contributed by atoms with Crippen molar-refractivity contribution in [2.75, 3.05) is 0 Å². The van der Waals surface area contributed by atoms with Crippen molar-refractivity contribution in [3.05, 3.63) is 0 Å². The molecule has 0 aromatic heterocycles. The van der Waals surface area contributed by atoms with Gasteiger partial charge in [0.2, 0.25) is 6.29 Å². The summed E-state index contributed by atoms with van der Waals surface area (Å²) in [5, 5.41) is 0. The first-order valence-electron chi connectivity index (χ1n) is 8.18. The monoisotopic (exact) mass is 280 g/mol. The Bertz CT molecular complexity index is 401. The third-order valence-corrected chi connectivity index (χ3v) is 5.96. The third kappa shape index (κ3) is 2.18. The van der Waals surface area contributed by atoms with E-state index in [0.717, 1.165) is 12.3 Å². The summed E-state index contributed by atoms with van der Waals surface area (Å²) in [5.74, 6) is 2.26. The third-order valence-electron chi connectivity index (χ3n) is 5.96. The van der Waals surface area contributed by atoms with Crippen LogP contribution in [0.4, 0.5) is 0 Å². The highest BCUT2D eigenvalue weighted by atomic mass is 16.7. The van der Waals surface area contributed by atoms with Gasteiger partial charge in [-0.1, -0.05) is 41.0 Å². The van der Waals surface area contributed by atoms with Crippen LogP contribution in [-0.4, -0.2) is 18.4 Å². The zero-order valence-electron chi connectivity index (χ0n) is 13.4. The van der Waals surface area contributed by atoms with Crippen LogP contribution < -0.4 is 0 Å². The lowest BCUT2D eigenvalue weighted by molar-refractivity contribution is -0.201. The van der Waals surface area contributed by atoms with Crippen molar-refractivity contribution in [3.63, 3.8) is 0 Å². The summed E-state index contributed by atoms with van der Waals surface area (Å²) in [7, 11) is 0. The van der Waals surface area contributed by atoms with Crippen LogP contribution in [0.2, 0.25) is 0 Å². The van der Waals surface area contributed by atoms with E-state index in [9.17, 15) is 4.79 Å². The van der Waals surface area contributed by atoms with Crippen LogP contribution in [0.3, 0.4) is 0 Å². The van der Waals surface area contributed by atoms with Crippen LogP contribution >= 0.6 is 0 Å². The van der Waals surface area contributed by atoms with Crippen molar-refractivity contribution in [1.82, 2.24) is 0 Å². The van der Waals surface area contributed by atoms with Crippen LogP contribution in [0.15, 0.2) is 0 Å². The number of hydrogen-bond acceptors (Lipinski definition) is 3. The summed E-state index contributed by atoms with van der Waals surface area (Å²) in [6.07, 6.45) is 3.60. The number of ether oxygens (including phenoxy) is 2. The van der Waals surface area contributed by atoms with E-state index in [0.29, 0.717) is 11.8 Å². The standard InChI is InChI=1S/C17H28O3/c1-9(2)11-7-6-10(3)8-12(11)19-16-14-13(15(18)20-16)17(14,4)5/h9-14,16H,6-8H2,1-5H3/t10-,11+,12-,13+,14-,16-/m1/s1. The van der Waals surface area contributed by atoms with Gasteiger partial charge in [0.05, 0.1) is 12.0 Å². The second kappa shape index (κ2) is 4.72. The maximum Gasteiger partial charge on any atom is 0.312 e. The van der Waals surface area contributed by atoms with Crippen molar-refractivity contribution >= 4 is 5.97 Å². The molecule has 0 N–H and O–H groups in total. The number of carbonyl (C=O) groups excluding carboxylic acids is 1. The van der Waals surface area contributed by atoms with Crippen molar-refractivity contribution in [2.45, 2.75) is 66.3 Å². The number of fused-ring (bicyclic) bond motifs is 1. The summed E-state index contributed by atoms with van der Waals surface area (Å²) >= 11 is 0. The van der Waals surface area contributed by atoms with E-state index < -0.39 is 0 Å². The molecular formula is C17H28O3. The molecule has 114 valence electrons. The maximum atomic E-state index is 11.9. The summed E-state index contributed by atoms with van der Waals surface area (Å²) < 4.78 is 11.8. The molecular weight excluding hydrogens is 252 g/mol. The first-order valence-corrected chi connectivity index (χ1v) is 8.18. The zero-order chi connectivity index (χ0) is 14.7. The predicted octanol–water partition coefficient (Wildman–Crippen LogP) is 3.62. The summed E-state index contributed by atoms with van der Waals surface area (Å²) in [6.45, 7) is 11.2. The maximum absolute atomic E-state index is 11.9. The molecule has 6 atom stereocenters. The zero-order valence-corrected chi connectivity index (χ0v) is 13.4. The van der Waals surface area contributed by atoms with Gasteiger partial charge < -0.3 is 9.47 Å². The van der Waals surface area contributed by atoms with E-state index in [1.165, 1.54) is 12.8 Å². The molecule has 3 aliphatic rings. The van der Waals surface area contributed by atoms with Gasteiger partial charge in [-0.3, -0.25) is 4.79 Å². The van der Waals surface area contributed by atoms with Crippen LogP contribution in [0.1, 0.15) is 53.9 Å². The molecule has 2 aliphatic carbocycles. The minimum absolute atomic E-state index is 0.0463. The fourth-order valence-corrected chi connectivity index (χ4v) is 4.45. The number of hydrogen-bond donors (Lipinski definition) is 0. The fourth-order valence-electron chi connectivity index (χ4n) is 4.45. The Labute approximate surface area is 122 Å². The first kappa shape index (κ1) is 14.4. The van der Waals surface area contributed by atoms with Crippen LogP contribution in [0.25, 0.3) is 0 Å². The molecule has 3 nitrogen and oxygen atoms in total. The molecule has 2 saturated carbocycles. The van der Waals surface area contributed by atoms with Gasteiger partial charge in [-0.05, 0) is 36.0 Å². The minimum atomic E-state index is -0.293. The number of rotatable bonds is 3. The largest absolute Gasteiger partial charge is 0.435 e. The molecule has 0 aromatic carbocycles. The Balaban J connectivity index is 1.68. The molecule has 3 heteroatoms. The van der Waals surface area contributed by atoms with Crippen molar-refractivity contribution < 1.29 is 14.3 Å². The summed E-state index contributed by atoms with van der Waals surface area (Å²) in [4.78, 5) is 11.9. The number of carbonyl (C=O) groups is 1. The van der Waals surface area contributed by atoms with E-state index in [-0.39, 0.29) is 35.6 Å². The number of esters is 1. The smallest absolute Gasteiger partial charge is 0.312 e. The van der Waals surface area contributed by atoms with Crippen molar-refractivity contribution in [3.8, 4) is 0 Å². The highest BCUT2D eigenvalue weighted by Gasteiger charge is 2.72. The molecule has 0 radical (unpaired) electrons. The Morgan fingerprint density at radius 2 is 2.00 bits per heavy atom. The summed E-state index contributed by atoms with van der Waals surface area (Å²) in [5.41, 5.74) is 0.0770. The highest BCUT2D eigenvalue weighted by Crippen LogP contribution is 2.65. The van der Waals surface area contributed by atoms with Gasteiger partial charge in [-0.25, -0.2) is 0 Å². The lowest BCUT2D eigenvalue weighted by Crippen LogP contribution is -2.38. The molecule has 0 spiro atoms. The van der Waals surface area contributed by atoms with Crippen LogP contribution in [0, 0.1) is 35.0 Å². The predicted molar refractivity (Wildman–Crippen MR) is 76.9 cm³/mol. The lowest BCUT2D eigenvalue weighted by atomic mass is 9.75. The van der Waals surface area contributed by atoms with E-state index in [2.05, 4.69) is 34.6 Å². The van der Waals surface area contributed by atoms with Gasteiger partial charge in [0.1, 0.15) is 0 Å². The number of cyclic esters (lactones) is 1. The highest BCUT2D eigenvalue weighted by molar-refractivity contribution is 5.80. The van der Waals surface area contributed by atoms with Gasteiger partial charge in [-0.15, -0.1) is 0 Å². The van der Waals surface area contributed by atoms with Crippen molar-refractivity contribution in [2.24, 2.45) is 35.0 Å². The normalized spacial score (nSPS) is 46.2. The molecule has 0 unspecified atom stereocenters. The van der Waals surface area contributed by atoms with E-state index >= 15 is 0 Å². The van der Waals surface area contributed by atoms with Gasteiger partial charge in [0.25, 0.3) is 0 Å². The summed E-state index contributed by atoms with van der Waals surface area (Å²) in [6, 6.07) is 0.